The van der Waals surface area contributed by atoms with Crippen LogP contribution in [0.4, 0.5) is 8.78 Å². The summed E-state index contributed by atoms with van der Waals surface area (Å²) in [6, 6.07) is 2.64. The molecule has 0 aliphatic rings. The van der Waals surface area contributed by atoms with Gasteiger partial charge in [0, 0.05) is 18.0 Å². The molecular formula is C13H14BrF2N3O. The minimum atomic E-state index is -0.963. The predicted octanol–water partition coefficient (Wildman–Crippen LogP) is 3.32. The molecule has 1 atom stereocenters. The third-order valence-corrected chi connectivity index (χ3v) is 3.55. The lowest BCUT2D eigenvalue weighted by atomic mass is 10.2. The van der Waals surface area contributed by atoms with Gasteiger partial charge in [-0.1, -0.05) is 12.1 Å². The van der Waals surface area contributed by atoms with Gasteiger partial charge in [0.1, 0.15) is 0 Å². The first-order chi connectivity index (χ1) is 9.52. The number of likely N-dealkylation sites (N-methyl/N-ethyl adjacent to an activating group) is 1. The van der Waals surface area contributed by atoms with Gasteiger partial charge in [0.15, 0.2) is 11.6 Å². The van der Waals surface area contributed by atoms with E-state index in [2.05, 4.69) is 31.4 Å². The number of halogens is 3. The van der Waals surface area contributed by atoms with Crippen LogP contribution in [0.25, 0.3) is 11.4 Å². The highest BCUT2D eigenvalue weighted by molar-refractivity contribution is 9.10. The first-order valence-electron chi connectivity index (χ1n) is 6.22. The zero-order chi connectivity index (χ0) is 14.7. The van der Waals surface area contributed by atoms with E-state index < -0.39 is 11.6 Å². The van der Waals surface area contributed by atoms with Gasteiger partial charge in [0.2, 0.25) is 11.7 Å². The highest BCUT2D eigenvalue weighted by atomic mass is 79.9. The molecule has 0 fully saturated rings. The average molecular weight is 346 g/mol. The van der Waals surface area contributed by atoms with Crippen molar-refractivity contribution >= 4 is 15.9 Å². The summed E-state index contributed by atoms with van der Waals surface area (Å²) in [5.41, 5.74) is 0.356. The highest BCUT2D eigenvalue weighted by Gasteiger charge is 2.17. The molecule has 0 saturated heterocycles. The summed E-state index contributed by atoms with van der Waals surface area (Å²) in [4.78, 5) is 4.20. The second-order valence-electron chi connectivity index (χ2n) is 4.40. The molecule has 0 radical (unpaired) electrons. The van der Waals surface area contributed by atoms with Crippen molar-refractivity contribution in [3.8, 4) is 11.4 Å². The Morgan fingerprint density at radius 3 is 2.85 bits per heavy atom. The van der Waals surface area contributed by atoms with Gasteiger partial charge in [-0.3, -0.25) is 0 Å². The van der Waals surface area contributed by atoms with Crippen LogP contribution in [-0.4, -0.2) is 22.7 Å². The fourth-order valence-corrected chi connectivity index (χ4v) is 2.33. The molecular weight excluding hydrogens is 332 g/mol. The molecule has 0 saturated carbocycles. The van der Waals surface area contributed by atoms with E-state index in [1.54, 1.807) is 0 Å². The molecule has 20 heavy (non-hydrogen) atoms. The van der Waals surface area contributed by atoms with Crippen LogP contribution in [-0.2, 0) is 6.42 Å². The van der Waals surface area contributed by atoms with Crippen LogP contribution in [0.1, 0.15) is 19.7 Å². The molecule has 7 heteroatoms. The number of rotatable bonds is 5. The molecule has 4 nitrogen and oxygen atoms in total. The van der Waals surface area contributed by atoms with E-state index in [1.807, 2.05) is 13.8 Å². The molecule has 0 aliphatic carbocycles. The molecule has 1 aromatic carbocycles. The lowest BCUT2D eigenvalue weighted by molar-refractivity contribution is 0.363. The Hall–Kier alpha value is -1.34. The van der Waals surface area contributed by atoms with Crippen molar-refractivity contribution in [2.75, 3.05) is 6.54 Å². The molecule has 1 heterocycles. The van der Waals surface area contributed by atoms with Crippen LogP contribution in [0.5, 0.6) is 0 Å². The standard InChI is InChI=1S/C13H14BrF2N3O/c1-3-17-7(2)6-10-18-13(19-20-10)8-4-5-9(15)12(16)11(8)14/h4-5,7,17H,3,6H2,1-2H3. The quantitative estimate of drug-likeness (QED) is 0.844. The monoisotopic (exact) mass is 345 g/mol. The number of nitrogens with zero attached hydrogens (tertiary/aromatic N) is 2. The van der Waals surface area contributed by atoms with Gasteiger partial charge in [-0.2, -0.15) is 4.98 Å². The van der Waals surface area contributed by atoms with Crippen molar-refractivity contribution in [2.45, 2.75) is 26.3 Å². The van der Waals surface area contributed by atoms with E-state index in [1.165, 1.54) is 6.07 Å². The minimum Gasteiger partial charge on any atom is -0.339 e. The normalized spacial score (nSPS) is 12.7. The molecule has 1 aromatic heterocycles. The maximum absolute atomic E-state index is 13.5. The predicted molar refractivity (Wildman–Crippen MR) is 74.2 cm³/mol. The number of nitrogens with one attached hydrogen (secondary N) is 1. The number of benzene rings is 1. The smallest absolute Gasteiger partial charge is 0.228 e. The van der Waals surface area contributed by atoms with Crippen molar-refractivity contribution in [2.24, 2.45) is 0 Å². The van der Waals surface area contributed by atoms with Crippen molar-refractivity contribution in [1.82, 2.24) is 15.5 Å². The molecule has 0 aliphatic heterocycles. The van der Waals surface area contributed by atoms with Crippen LogP contribution in [0.3, 0.4) is 0 Å². The summed E-state index contributed by atoms with van der Waals surface area (Å²) in [6.45, 7) is 4.85. The third-order valence-electron chi connectivity index (χ3n) is 2.78. The summed E-state index contributed by atoms with van der Waals surface area (Å²) >= 11 is 3.00. The molecule has 0 amide bonds. The van der Waals surface area contributed by atoms with Gasteiger partial charge in [-0.05, 0) is 41.5 Å². The second-order valence-corrected chi connectivity index (χ2v) is 5.19. The third kappa shape index (κ3) is 3.21. The van der Waals surface area contributed by atoms with E-state index in [4.69, 9.17) is 4.52 Å². The molecule has 2 aromatic rings. The van der Waals surface area contributed by atoms with Crippen molar-refractivity contribution in [3.05, 3.63) is 34.1 Å². The zero-order valence-electron chi connectivity index (χ0n) is 11.1. The van der Waals surface area contributed by atoms with E-state index in [-0.39, 0.29) is 16.3 Å². The summed E-state index contributed by atoms with van der Waals surface area (Å²) in [5.74, 6) is -1.21. The van der Waals surface area contributed by atoms with E-state index in [9.17, 15) is 8.78 Å². The van der Waals surface area contributed by atoms with Crippen LogP contribution >= 0.6 is 15.9 Å². The molecule has 1 N–H and O–H groups in total. The number of hydrogen-bond donors (Lipinski definition) is 1. The van der Waals surface area contributed by atoms with Crippen LogP contribution < -0.4 is 5.32 Å². The van der Waals surface area contributed by atoms with Gasteiger partial charge in [-0.25, -0.2) is 8.78 Å². The van der Waals surface area contributed by atoms with E-state index in [0.717, 1.165) is 12.6 Å². The molecule has 0 bridgehead atoms. The first-order valence-corrected chi connectivity index (χ1v) is 7.02. The van der Waals surface area contributed by atoms with Crippen molar-refractivity contribution in [1.29, 1.82) is 0 Å². The van der Waals surface area contributed by atoms with E-state index >= 15 is 0 Å². The number of aromatic nitrogens is 2. The molecule has 0 spiro atoms. The minimum absolute atomic E-state index is 0.00965. The summed E-state index contributed by atoms with van der Waals surface area (Å²) in [5, 5.41) is 7.02. The first kappa shape index (κ1) is 15.1. The summed E-state index contributed by atoms with van der Waals surface area (Å²) in [6.07, 6.45) is 0.572. The Morgan fingerprint density at radius 2 is 2.15 bits per heavy atom. The largest absolute Gasteiger partial charge is 0.339 e. The summed E-state index contributed by atoms with van der Waals surface area (Å²) in [7, 11) is 0. The Labute approximate surface area is 123 Å². The molecule has 2 rings (SSSR count). The Balaban J connectivity index is 2.23. The SMILES string of the molecule is CCNC(C)Cc1nc(-c2ccc(F)c(F)c2Br)no1. The lowest BCUT2D eigenvalue weighted by Crippen LogP contribution is -2.27. The maximum atomic E-state index is 13.5. The Bertz CT molecular complexity index is 603. The summed E-state index contributed by atoms with van der Waals surface area (Å²) < 4.78 is 31.6. The lowest BCUT2D eigenvalue weighted by Gasteiger charge is -2.07. The Kier molecular flexibility index (Phi) is 4.82. The molecule has 1 unspecified atom stereocenters. The van der Waals surface area contributed by atoms with Crippen molar-refractivity contribution < 1.29 is 13.3 Å². The average Bonchev–Trinajstić information content (AvgIpc) is 2.84. The van der Waals surface area contributed by atoms with Crippen LogP contribution in [0, 0.1) is 11.6 Å². The van der Waals surface area contributed by atoms with Crippen LogP contribution in [0.15, 0.2) is 21.1 Å². The van der Waals surface area contributed by atoms with Gasteiger partial charge in [-0.15, -0.1) is 0 Å². The zero-order valence-corrected chi connectivity index (χ0v) is 12.7. The molecule has 108 valence electrons. The fraction of sp³-hybridized carbons (Fsp3) is 0.385. The highest BCUT2D eigenvalue weighted by Crippen LogP contribution is 2.29. The Morgan fingerprint density at radius 1 is 1.40 bits per heavy atom. The maximum Gasteiger partial charge on any atom is 0.228 e. The van der Waals surface area contributed by atoms with E-state index in [0.29, 0.717) is 17.9 Å². The van der Waals surface area contributed by atoms with Gasteiger partial charge in [0.25, 0.3) is 0 Å². The topological polar surface area (TPSA) is 51.0 Å². The van der Waals surface area contributed by atoms with Gasteiger partial charge in [0.05, 0.1) is 4.47 Å². The van der Waals surface area contributed by atoms with Crippen molar-refractivity contribution in [3.63, 3.8) is 0 Å². The van der Waals surface area contributed by atoms with Crippen LogP contribution in [0.2, 0.25) is 0 Å². The fourth-order valence-electron chi connectivity index (χ4n) is 1.83. The van der Waals surface area contributed by atoms with Gasteiger partial charge >= 0.3 is 0 Å². The number of hydrogen-bond acceptors (Lipinski definition) is 4. The van der Waals surface area contributed by atoms with Gasteiger partial charge < -0.3 is 9.84 Å². The second kappa shape index (κ2) is 6.41.